The number of hydrogen-bond donors (Lipinski definition) is 4. The highest BCUT2D eigenvalue weighted by Crippen LogP contribution is 2.23. The van der Waals surface area contributed by atoms with Gasteiger partial charge in [0.25, 0.3) is 0 Å². The standard InChI is InChI=1S/C21H30N4O3.HI/c1-5-22-20(24-14-21(4,27)19-11-6-15(2)28-19)23-13-12-17-7-9-18(10-8-17)25-16(3)26;/h6-11,27H,5,12-14H2,1-4H3,(H,25,26)(H2,22,23,24);1H. The summed E-state index contributed by atoms with van der Waals surface area (Å²) in [6.45, 7) is 8.61. The molecule has 0 fully saturated rings. The van der Waals surface area contributed by atoms with Crippen LogP contribution in [0.2, 0.25) is 0 Å². The monoisotopic (exact) mass is 514 g/mol. The third-order valence-corrected chi connectivity index (χ3v) is 4.14. The van der Waals surface area contributed by atoms with Crippen molar-refractivity contribution in [3.8, 4) is 0 Å². The second-order valence-electron chi connectivity index (χ2n) is 6.93. The van der Waals surface area contributed by atoms with Crippen LogP contribution < -0.4 is 16.0 Å². The van der Waals surface area contributed by atoms with Crippen molar-refractivity contribution in [3.05, 3.63) is 53.5 Å². The molecule has 0 bridgehead atoms. The van der Waals surface area contributed by atoms with E-state index in [9.17, 15) is 9.90 Å². The van der Waals surface area contributed by atoms with Crippen LogP contribution in [0.15, 0.2) is 45.8 Å². The van der Waals surface area contributed by atoms with Crippen LogP contribution in [0.1, 0.15) is 37.9 Å². The van der Waals surface area contributed by atoms with Crippen LogP contribution in [-0.2, 0) is 16.8 Å². The van der Waals surface area contributed by atoms with Gasteiger partial charge in [-0.25, -0.2) is 4.99 Å². The third kappa shape index (κ3) is 8.45. The summed E-state index contributed by atoms with van der Waals surface area (Å²) < 4.78 is 5.53. The fourth-order valence-corrected chi connectivity index (χ4v) is 2.66. The molecular formula is C21H31IN4O3. The van der Waals surface area contributed by atoms with E-state index in [4.69, 9.17) is 4.42 Å². The largest absolute Gasteiger partial charge is 0.463 e. The zero-order chi connectivity index (χ0) is 20.6. The van der Waals surface area contributed by atoms with Crippen LogP contribution >= 0.6 is 24.0 Å². The number of aryl methyl sites for hydroxylation is 1. The van der Waals surface area contributed by atoms with Gasteiger partial charge < -0.3 is 25.5 Å². The highest BCUT2D eigenvalue weighted by molar-refractivity contribution is 14.0. The Kier molecular flexibility index (Phi) is 10.2. The Hall–Kier alpha value is -2.07. The fraction of sp³-hybridized carbons (Fsp3) is 0.429. The smallest absolute Gasteiger partial charge is 0.221 e. The van der Waals surface area contributed by atoms with Gasteiger partial charge in [-0.2, -0.15) is 0 Å². The molecule has 2 rings (SSSR count). The first-order chi connectivity index (χ1) is 13.3. The van der Waals surface area contributed by atoms with Crippen molar-refractivity contribution in [1.29, 1.82) is 0 Å². The van der Waals surface area contributed by atoms with E-state index in [0.29, 0.717) is 18.3 Å². The molecule has 29 heavy (non-hydrogen) atoms. The van der Waals surface area contributed by atoms with Crippen molar-refractivity contribution < 1.29 is 14.3 Å². The van der Waals surface area contributed by atoms with Crippen molar-refractivity contribution in [3.63, 3.8) is 0 Å². The molecule has 7 nitrogen and oxygen atoms in total. The Morgan fingerprint density at radius 3 is 2.41 bits per heavy atom. The number of nitrogens with zero attached hydrogens (tertiary/aromatic N) is 1. The minimum atomic E-state index is -1.17. The number of hydrogen-bond acceptors (Lipinski definition) is 4. The predicted molar refractivity (Wildman–Crippen MR) is 127 cm³/mol. The molecule has 0 aliphatic rings. The SMILES string of the molecule is CCNC(=NCC(C)(O)c1ccc(C)o1)NCCc1ccc(NC(C)=O)cc1.I. The molecule has 1 atom stereocenters. The van der Waals surface area contributed by atoms with Gasteiger partial charge in [-0.15, -0.1) is 24.0 Å². The zero-order valence-electron chi connectivity index (χ0n) is 17.4. The molecule has 0 saturated heterocycles. The van der Waals surface area contributed by atoms with E-state index in [1.807, 2.05) is 44.2 Å². The van der Waals surface area contributed by atoms with Gasteiger partial charge in [0, 0.05) is 25.7 Å². The Bertz CT molecular complexity index is 801. The number of carbonyl (C=O) groups is 1. The predicted octanol–water partition coefficient (Wildman–Crippen LogP) is 3.17. The summed E-state index contributed by atoms with van der Waals surface area (Å²) in [7, 11) is 0. The number of carbonyl (C=O) groups excluding carboxylic acids is 1. The van der Waals surface area contributed by atoms with Gasteiger partial charge in [0.15, 0.2) is 5.96 Å². The number of aliphatic hydroxyl groups is 1. The number of halogens is 1. The first kappa shape index (κ1) is 25.0. The van der Waals surface area contributed by atoms with E-state index in [0.717, 1.165) is 30.0 Å². The number of nitrogens with one attached hydrogen (secondary N) is 3. The molecule has 1 amide bonds. The number of amides is 1. The summed E-state index contributed by atoms with van der Waals surface area (Å²) in [6.07, 6.45) is 0.804. The number of aliphatic imine (C=N–C) groups is 1. The van der Waals surface area contributed by atoms with Crippen LogP contribution in [-0.4, -0.2) is 36.6 Å². The highest BCUT2D eigenvalue weighted by Gasteiger charge is 2.26. The summed E-state index contributed by atoms with van der Waals surface area (Å²) in [6, 6.07) is 11.4. The van der Waals surface area contributed by atoms with Crippen molar-refractivity contribution in [1.82, 2.24) is 10.6 Å². The molecule has 4 N–H and O–H groups in total. The fourth-order valence-electron chi connectivity index (χ4n) is 2.66. The van der Waals surface area contributed by atoms with Crippen LogP contribution in [0.5, 0.6) is 0 Å². The van der Waals surface area contributed by atoms with Gasteiger partial charge in [0.1, 0.15) is 17.1 Å². The van der Waals surface area contributed by atoms with E-state index in [1.54, 1.807) is 13.0 Å². The normalized spacial score (nSPS) is 13.2. The number of anilines is 1. The van der Waals surface area contributed by atoms with Gasteiger partial charge in [-0.1, -0.05) is 12.1 Å². The van der Waals surface area contributed by atoms with Crippen molar-refractivity contribution in [2.45, 2.75) is 39.7 Å². The van der Waals surface area contributed by atoms with E-state index in [2.05, 4.69) is 20.9 Å². The van der Waals surface area contributed by atoms with E-state index in [1.165, 1.54) is 6.92 Å². The minimum absolute atomic E-state index is 0. The first-order valence-electron chi connectivity index (χ1n) is 9.48. The Morgan fingerprint density at radius 1 is 1.17 bits per heavy atom. The average molecular weight is 514 g/mol. The van der Waals surface area contributed by atoms with E-state index < -0.39 is 5.60 Å². The van der Waals surface area contributed by atoms with Gasteiger partial charge in [0.05, 0.1) is 6.54 Å². The second-order valence-corrected chi connectivity index (χ2v) is 6.93. The summed E-state index contributed by atoms with van der Waals surface area (Å²) in [5.41, 5.74) is 0.765. The third-order valence-electron chi connectivity index (χ3n) is 4.14. The molecule has 0 radical (unpaired) electrons. The van der Waals surface area contributed by atoms with Gasteiger partial charge in [-0.3, -0.25) is 4.79 Å². The minimum Gasteiger partial charge on any atom is -0.463 e. The Morgan fingerprint density at radius 2 is 1.86 bits per heavy atom. The van der Waals surface area contributed by atoms with Crippen LogP contribution in [0, 0.1) is 6.92 Å². The number of rotatable bonds is 8. The summed E-state index contributed by atoms with van der Waals surface area (Å²) in [5.74, 6) is 1.82. The second kappa shape index (κ2) is 11.8. The number of furan rings is 1. The maximum Gasteiger partial charge on any atom is 0.221 e. The zero-order valence-corrected chi connectivity index (χ0v) is 19.7. The van der Waals surface area contributed by atoms with Crippen LogP contribution in [0.25, 0.3) is 0 Å². The summed E-state index contributed by atoms with van der Waals surface area (Å²) in [4.78, 5) is 15.6. The lowest BCUT2D eigenvalue weighted by Crippen LogP contribution is -2.39. The van der Waals surface area contributed by atoms with Crippen molar-refractivity contribution in [2.24, 2.45) is 4.99 Å². The molecule has 0 aliphatic carbocycles. The number of guanidine groups is 1. The molecule has 2 aromatic rings. The van der Waals surface area contributed by atoms with Crippen LogP contribution in [0.4, 0.5) is 5.69 Å². The lowest BCUT2D eigenvalue weighted by molar-refractivity contribution is -0.114. The molecule has 1 aromatic carbocycles. The van der Waals surface area contributed by atoms with Gasteiger partial charge in [0.2, 0.25) is 5.91 Å². The molecule has 0 spiro atoms. The van der Waals surface area contributed by atoms with Gasteiger partial charge in [-0.05, 0) is 57.0 Å². The Labute approximate surface area is 189 Å². The van der Waals surface area contributed by atoms with Gasteiger partial charge >= 0.3 is 0 Å². The van der Waals surface area contributed by atoms with E-state index in [-0.39, 0.29) is 36.4 Å². The topological polar surface area (TPSA) is 98.9 Å². The van der Waals surface area contributed by atoms with E-state index >= 15 is 0 Å². The molecule has 1 heterocycles. The first-order valence-corrected chi connectivity index (χ1v) is 9.48. The quantitative estimate of drug-likeness (QED) is 0.247. The van der Waals surface area contributed by atoms with Crippen molar-refractivity contribution in [2.75, 3.05) is 25.0 Å². The molecule has 0 aliphatic heterocycles. The van der Waals surface area contributed by atoms with Crippen LogP contribution in [0.3, 0.4) is 0 Å². The number of benzene rings is 1. The average Bonchev–Trinajstić information content (AvgIpc) is 3.08. The molecular weight excluding hydrogens is 483 g/mol. The van der Waals surface area contributed by atoms with Crippen molar-refractivity contribution >= 4 is 41.5 Å². The summed E-state index contributed by atoms with van der Waals surface area (Å²) >= 11 is 0. The summed E-state index contributed by atoms with van der Waals surface area (Å²) in [5, 5.41) is 19.8. The molecule has 0 saturated carbocycles. The molecule has 160 valence electrons. The maximum atomic E-state index is 11.1. The molecule has 1 aromatic heterocycles. The maximum absolute atomic E-state index is 11.1. The molecule has 1 unspecified atom stereocenters. The molecule has 8 heteroatoms. The lowest BCUT2D eigenvalue weighted by atomic mass is 10.0. The lowest BCUT2D eigenvalue weighted by Gasteiger charge is -2.19. The highest BCUT2D eigenvalue weighted by atomic mass is 127. The Balaban J connectivity index is 0.00000420.